The summed E-state index contributed by atoms with van der Waals surface area (Å²) in [5.74, 6) is 1.36. The quantitative estimate of drug-likeness (QED) is 0.573. The van der Waals surface area contributed by atoms with E-state index in [0.29, 0.717) is 12.5 Å². The first-order chi connectivity index (χ1) is 12.1. The SMILES string of the molecule is COc1ccc(CCNC(N)=NCC(C)N(C)c2ccccc2)cc1. The lowest BCUT2D eigenvalue weighted by molar-refractivity contribution is 0.414. The largest absolute Gasteiger partial charge is 0.497 e. The Morgan fingerprint density at radius 2 is 1.84 bits per heavy atom. The minimum Gasteiger partial charge on any atom is -0.497 e. The summed E-state index contributed by atoms with van der Waals surface area (Å²) in [5, 5.41) is 3.17. The molecule has 0 radical (unpaired) electrons. The van der Waals surface area contributed by atoms with E-state index >= 15 is 0 Å². The van der Waals surface area contributed by atoms with Crippen LogP contribution >= 0.6 is 0 Å². The zero-order valence-corrected chi connectivity index (χ0v) is 15.3. The number of hydrogen-bond donors (Lipinski definition) is 2. The van der Waals surface area contributed by atoms with Crippen LogP contribution in [0, 0.1) is 0 Å². The Kier molecular flexibility index (Phi) is 7.14. The van der Waals surface area contributed by atoms with Gasteiger partial charge in [0.1, 0.15) is 5.75 Å². The zero-order chi connectivity index (χ0) is 18.1. The first-order valence-electron chi connectivity index (χ1n) is 8.54. The van der Waals surface area contributed by atoms with E-state index in [9.17, 15) is 0 Å². The van der Waals surface area contributed by atoms with Gasteiger partial charge in [0, 0.05) is 25.3 Å². The molecule has 134 valence electrons. The summed E-state index contributed by atoms with van der Waals surface area (Å²) in [6.07, 6.45) is 0.889. The summed E-state index contributed by atoms with van der Waals surface area (Å²) in [4.78, 5) is 6.65. The Bertz CT molecular complexity index is 655. The molecule has 2 aromatic carbocycles. The van der Waals surface area contributed by atoms with Crippen LogP contribution in [-0.4, -0.2) is 39.2 Å². The highest BCUT2D eigenvalue weighted by Gasteiger charge is 2.09. The number of anilines is 1. The number of rotatable bonds is 8. The summed E-state index contributed by atoms with van der Waals surface area (Å²) in [6, 6.07) is 18.6. The van der Waals surface area contributed by atoms with Crippen molar-refractivity contribution in [2.75, 3.05) is 32.1 Å². The molecule has 1 unspecified atom stereocenters. The van der Waals surface area contributed by atoms with Crippen LogP contribution in [0.4, 0.5) is 5.69 Å². The van der Waals surface area contributed by atoms with Gasteiger partial charge in [-0.05, 0) is 43.2 Å². The van der Waals surface area contributed by atoms with E-state index in [4.69, 9.17) is 10.5 Å². The Morgan fingerprint density at radius 1 is 1.16 bits per heavy atom. The van der Waals surface area contributed by atoms with E-state index in [0.717, 1.165) is 18.7 Å². The molecule has 5 nitrogen and oxygen atoms in total. The van der Waals surface area contributed by atoms with Crippen LogP contribution in [-0.2, 0) is 6.42 Å². The number of ether oxygens (including phenoxy) is 1. The standard InChI is InChI=1S/C20H28N4O/c1-16(24(2)18-7-5-4-6-8-18)15-23-20(21)22-14-13-17-9-11-19(25-3)12-10-17/h4-12,16H,13-15H2,1-3H3,(H3,21,22,23). The molecule has 0 saturated carbocycles. The van der Waals surface area contributed by atoms with Gasteiger partial charge in [0.05, 0.1) is 13.7 Å². The van der Waals surface area contributed by atoms with Crippen molar-refractivity contribution in [3.05, 3.63) is 60.2 Å². The van der Waals surface area contributed by atoms with Crippen molar-refractivity contribution in [1.82, 2.24) is 5.32 Å². The molecule has 0 aliphatic heterocycles. The Balaban J connectivity index is 1.75. The van der Waals surface area contributed by atoms with Gasteiger partial charge in [-0.15, -0.1) is 0 Å². The van der Waals surface area contributed by atoms with Crippen LogP contribution in [0.15, 0.2) is 59.6 Å². The molecule has 0 aliphatic carbocycles. The molecule has 0 heterocycles. The van der Waals surface area contributed by atoms with Crippen molar-refractivity contribution in [1.29, 1.82) is 0 Å². The van der Waals surface area contributed by atoms with E-state index in [-0.39, 0.29) is 6.04 Å². The summed E-state index contributed by atoms with van der Waals surface area (Å²) >= 11 is 0. The fraction of sp³-hybridized carbons (Fsp3) is 0.350. The zero-order valence-electron chi connectivity index (χ0n) is 15.3. The van der Waals surface area contributed by atoms with Crippen molar-refractivity contribution in [3.8, 4) is 5.75 Å². The predicted molar refractivity (Wildman–Crippen MR) is 105 cm³/mol. The van der Waals surface area contributed by atoms with E-state index in [1.165, 1.54) is 11.3 Å². The van der Waals surface area contributed by atoms with Gasteiger partial charge in [-0.25, -0.2) is 0 Å². The molecular formula is C20H28N4O. The topological polar surface area (TPSA) is 62.9 Å². The number of nitrogens with zero attached hydrogens (tertiary/aromatic N) is 2. The average molecular weight is 340 g/mol. The van der Waals surface area contributed by atoms with Crippen LogP contribution < -0.4 is 20.7 Å². The molecule has 0 bridgehead atoms. The molecule has 5 heteroatoms. The number of aliphatic imine (C=N–C) groups is 1. The highest BCUT2D eigenvalue weighted by atomic mass is 16.5. The average Bonchev–Trinajstić information content (AvgIpc) is 2.66. The predicted octanol–water partition coefficient (Wildman–Crippen LogP) is 2.67. The number of benzene rings is 2. The van der Waals surface area contributed by atoms with Crippen molar-refractivity contribution in [3.63, 3.8) is 0 Å². The van der Waals surface area contributed by atoms with Gasteiger partial charge < -0.3 is 20.7 Å². The smallest absolute Gasteiger partial charge is 0.188 e. The highest BCUT2D eigenvalue weighted by molar-refractivity contribution is 5.77. The van der Waals surface area contributed by atoms with Gasteiger partial charge in [-0.3, -0.25) is 4.99 Å². The molecular weight excluding hydrogens is 312 g/mol. The van der Waals surface area contributed by atoms with Gasteiger partial charge in [0.25, 0.3) is 0 Å². The third-order valence-electron chi connectivity index (χ3n) is 4.23. The Hall–Kier alpha value is -2.69. The van der Waals surface area contributed by atoms with Crippen LogP contribution in [0.3, 0.4) is 0 Å². The van der Waals surface area contributed by atoms with Crippen molar-refractivity contribution in [2.45, 2.75) is 19.4 Å². The number of likely N-dealkylation sites (N-methyl/N-ethyl adjacent to an activating group) is 1. The van der Waals surface area contributed by atoms with Crippen LogP contribution in [0.5, 0.6) is 5.75 Å². The van der Waals surface area contributed by atoms with Crippen molar-refractivity contribution < 1.29 is 4.74 Å². The normalized spacial score (nSPS) is 12.5. The molecule has 25 heavy (non-hydrogen) atoms. The maximum absolute atomic E-state index is 5.97. The second-order valence-electron chi connectivity index (χ2n) is 6.05. The molecule has 0 fully saturated rings. The van der Waals surface area contributed by atoms with Gasteiger partial charge >= 0.3 is 0 Å². The summed E-state index contributed by atoms with van der Waals surface area (Å²) < 4.78 is 5.16. The van der Waals surface area contributed by atoms with Gasteiger partial charge in [-0.2, -0.15) is 0 Å². The lowest BCUT2D eigenvalue weighted by atomic mass is 10.1. The molecule has 0 aromatic heterocycles. The van der Waals surface area contributed by atoms with Crippen LogP contribution in [0.2, 0.25) is 0 Å². The van der Waals surface area contributed by atoms with Gasteiger partial charge in [0.2, 0.25) is 0 Å². The lowest BCUT2D eigenvalue weighted by Crippen LogP contribution is -2.36. The number of para-hydroxylation sites is 1. The Morgan fingerprint density at radius 3 is 2.48 bits per heavy atom. The van der Waals surface area contributed by atoms with E-state index in [1.54, 1.807) is 7.11 Å². The fourth-order valence-corrected chi connectivity index (χ4v) is 2.45. The highest BCUT2D eigenvalue weighted by Crippen LogP contribution is 2.14. The fourth-order valence-electron chi connectivity index (χ4n) is 2.45. The number of guanidine groups is 1. The number of hydrogen-bond acceptors (Lipinski definition) is 3. The molecule has 0 spiro atoms. The Labute approximate surface area is 150 Å². The van der Waals surface area contributed by atoms with E-state index < -0.39 is 0 Å². The molecule has 0 saturated heterocycles. The summed E-state index contributed by atoms with van der Waals surface area (Å²) in [7, 11) is 3.74. The van der Waals surface area contributed by atoms with E-state index in [2.05, 4.69) is 53.4 Å². The second kappa shape index (κ2) is 9.57. The van der Waals surface area contributed by atoms with E-state index in [1.807, 2.05) is 30.3 Å². The van der Waals surface area contributed by atoms with Crippen LogP contribution in [0.25, 0.3) is 0 Å². The first kappa shape index (κ1) is 18.6. The summed E-state index contributed by atoms with van der Waals surface area (Å²) in [6.45, 7) is 3.54. The molecule has 1 atom stereocenters. The van der Waals surface area contributed by atoms with Gasteiger partial charge in [-0.1, -0.05) is 30.3 Å². The van der Waals surface area contributed by atoms with Gasteiger partial charge in [0.15, 0.2) is 5.96 Å². The second-order valence-corrected chi connectivity index (χ2v) is 6.05. The third-order valence-corrected chi connectivity index (χ3v) is 4.23. The van der Waals surface area contributed by atoms with Crippen molar-refractivity contribution >= 4 is 11.6 Å². The third kappa shape index (κ3) is 6.03. The van der Waals surface area contributed by atoms with Crippen LogP contribution in [0.1, 0.15) is 12.5 Å². The van der Waals surface area contributed by atoms with Crippen molar-refractivity contribution in [2.24, 2.45) is 10.7 Å². The molecule has 2 rings (SSSR count). The molecule has 0 aliphatic rings. The minimum absolute atomic E-state index is 0.268. The molecule has 0 amide bonds. The molecule has 2 aromatic rings. The lowest BCUT2D eigenvalue weighted by Gasteiger charge is -2.25. The maximum atomic E-state index is 5.97. The maximum Gasteiger partial charge on any atom is 0.188 e. The minimum atomic E-state index is 0.268. The molecule has 3 N–H and O–H groups in total. The first-order valence-corrected chi connectivity index (χ1v) is 8.54. The summed E-state index contributed by atoms with van der Waals surface area (Å²) in [5.41, 5.74) is 8.38. The number of methoxy groups -OCH3 is 1. The number of nitrogens with one attached hydrogen (secondary N) is 1. The number of nitrogens with two attached hydrogens (primary N) is 1. The monoisotopic (exact) mass is 340 g/mol.